The van der Waals surface area contributed by atoms with Gasteiger partial charge in [-0.3, -0.25) is 14.3 Å². The lowest BCUT2D eigenvalue weighted by Gasteiger charge is -2.38. The van der Waals surface area contributed by atoms with Crippen LogP contribution in [0.4, 0.5) is 0 Å². The average molecular weight is 682 g/mol. The Hall–Kier alpha value is -3.71. The van der Waals surface area contributed by atoms with Gasteiger partial charge >= 0.3 is 17.9 Å². The van der Waals surface area contributed by atoms with Gasteiger partial charge in [-0.2, -0.15) is 0 Å². The Morgan fingerprint density at radius 1 is 0.652 bits per heavy atom. The van der Waals surface area contributed by atoms with Gasteiger partial charge in [0.1, 0.15) is 28.6 Å². The van der Waals surface area contributed by atoms with Crippen LogP contribution in [0.1, 0.15) is 27.7 Å². The molecule has 248 valence electrons. The predicted molar refractivity (Wildman–Crippen MR) is 162 cm³/mol. The number of rotatable bonds is 14. The molecule has 2 aromatic carbocycles. The van der Waals surface area contributed by atoms with Crippen molar-refractivity contribution in [3.05, 3.63) is 59.1 Å². The number of esters is 3. The van der Waals surface area contributed by atoms with Crippen molar-refractivity contribution >= 4 is 41.1 Å². The first-order chi connectivity index (χ1) is 22.0. The molecule has 5 rings (SSSR count). The molecule has 12 nitrogen and oxygen atoms in total. The number of hydrogen-bond acceptors (Lipinski definition) is 12. The average Bonchev–Trinajstić information content (AvgIpc) is 3.32. The molecule has 5 unspecified atom stereocenters. The molecule has 2 aliphatic heterocycles. The third-order valence-electron chi connectivity index (χ3n) is 8.21. The molecule has 0 spiro atoms. The topological polar surface area (TPSA) is 134 Å². The first-order valence-electron chi connectivity index (χ1n) is 14.6. The third kappa shape index (κ3) is 4.03. The van der Waals surface area contributed by atoms with Crippen LogP contribution < -0.4 is 18.9 Å². The first kappa shape index (κ1) is 33.6. The molecule has 2 fully saturated rings. The van der Waals surface area contributed by atoms with Gasteiger partial charge in [-0.1, -0.05) is 23.2 Å². The zero-order chi connectivity index (χ0) is 33.5. The Bertz CT molecular complexity index is 1550. The third-order valence-corrected chi connectivity index (χ3v) is 9.29. The van der Waals surface area contributed by atoms with Crippen molar-refractivity contribution in [2.45, 2.75) is 44.3 Å². The predicted octanol–water partition coefficient (Wildman–Crippen LogP) is 4.74. The summed E-state index contributed by atoms with van der Waals surface area (Å²) >= 11 is 14.6. The molecule has 0 N–H and O–H groups in total. The van der Waals surface area contributed by atoms with Crippen LogP contribution in [0.15, 0.2) is 59.1 Å². The second-order valence-electron chi connectivity index (χ2n) is 10.3. The molecule has 0 aromatic heterocycles. The highest BCUT2D eigenvalue weighted by Crippen LogP contribution is 2.93. The Morgan fingerprint density at radius 3 is 1.52 bits per heavy atom. The fraction of sp³-hybridized carbons (Fsp3) is 0.469. The summed E-state index contributed by atoms with van der Waals surface area (Å²) in [4.78, 5) is 43.0. The van der Waals surface area contributed by atoms with Crippen LogP contribution in [0.3, 0.4) is 0 Å². The van der Waals surface area contributed by atoms with Gasteiger partial charge in [0, 0.05) is 6.61 Å². The lowest BCUT2D eigenvalue weighted by atomic mass is 9.75. The molecule has 1 saturated heterocycles. The minimum atomic E-state index is -2.62. The van der Waals surface area contributed by atoms with E-state index in [-0.39, 0.29) is 37.9 Å². The highest BCUT2D eigenvalue weighted by molar-refractivity contribution is 6.39. The lowest BCUT2D eigenvalue weighted by Crippen LogP contribution is -2.56. The van der Waals surface area contributed by atoms with E-state index in [2.05, 4.69) is 0 Å². The number of alkyl halides is 1. The van der Waals surface area contributed by atoms with Gasteiger partial charge < -0.3 is 37.9 Å². The summed E-state index contributed by atoms with van der Waals surface area (Å²) in [6.07, 6.45) is 0. The normalized spacial score (nSPS) is 30.3. The number of benzene rings is 2. The summed E-state index contributed by atoms with van der Waals surface area (Å²) < 4.78 is 52.8. The zero-order valence-corrected chi connectivity index (χ0v) is 27.6. The van der Waals surface area contributed by atoms with E-state index in [1.807, 2.05) is 0 Å². The summed E-state index contributed by atoms with van der Waals surface area (Å²) in [5, 5.41) is -2.89. The summed E-state index contributed by atoms with van der Waals surface area (Å²) in [6, 6.07) is 12.4. The Kier molecular flexibility index (Phi) is 8.88. The van der Waals surface area contributed by atoms with E-state index < -0.39 is 56.0 Å². The number of ether oxygens (including phenoxy) is 9. The second kappa shape index (κ2) is 12.1. The SMILES string of the molecule is CCOC(=O)C1=C(Cl)C2(OCC)OC1(Oc1ccc(OC)cc1)C1(C(=O)OCC)C(Cl)(Oc3ccc(OC)cc3)C21C(=O)OCC. The maximum Gasteiger partial charge on any atom is 0.342 e. The zero-order valence-electron chi connectivity index (χ0n) is 26.1. The summed E-state index contributed by atoms with van der Waals surface area (Å²) in [5.41, 5.74) is -5.42. The van der Waals surface area contributed by atoms with E-state index in [0.717, 1.165) is 0 Å². The quantitative estimate of drug-likeness (QED) is 0.155. The molecule has 1 aliphatic carbocycles. The van der Waals surface area contributed by atoms with Gasteiger partial charge in [0.05, 0.1) is 39.1 Å². The molecule has 2 aromatic rings. The van der Waals surface area contributed by atoms with Crippen molar-refractivity contribution in [2.75, 3.05) is 40.6 Å². The van der Waals surface area contributed by atoms with E-state index >= 15 is 0 Å². The van der Waals surface area contributed by atoms with Crippen LogP contribution >= 0.6 is 23.2 Å². The molecular weight excluding hydrogens is 647 g/mol. The minimum Gasteiger partial charge on any atom is -0.497 e. The molecule has 1 saturated carbocycles. The Labute approximate surface area is 275 Å². The van der Waals surface area contributed by atoms with Gasteiger partial charge in [-0.05, 0) is 76.2 Å². The standard InChI is InChI=1S/C32H34Cl2O12/c1-7-40-25(35)23-24(33)31(43-10-4)29(27(37)42-9-3)28(26(36)41-8-2,32(29,34)45-22-17-13-20(39-6)14-18-22)30(23,46-31)44-21-15-11-19(38-5)12-16-21/h11-18H,7-10H2,1-6H3. The van der Waals surface area contributed by atoms with Gasteiger partial charge in [0.2, 0.25) is 21.7 Å². The molecule has 2 heterocycles. The van der Waals surface area contributed by atoms with E-state index in [9.17, 15) is 14.4 Å². The summed E-state index contributed by atoms with van der Waals surface area (Å²) in [7, 11) is 2.97. The number of hydrogen-bond donors (Lipinski definition) is 0. The van der Waals surface area contributed by atoms with Crippen LogP contribution in [-0.2, 0) is 38.1 Å². The molecule has 0 radical (unpaired) electrons. The fourth-order valence-electron chi connectivity index (χ4n) is 6.59. The first-order valence-corrected chi connectivity index (χ1v) is 15.4. The van der Waals surface area contributed by atoms with E-state index in [1.54, 1.807) is 52.0 Å². The smallest absolute Gasteiger partial charge is 0.342 e. The van der Waals surface area contributed by atoms with E-state index in [1.165, 1.54) is 38.5 Å². The van der Waals surface area contributed by atoms with Crippen LogP contribution in [-0.4, -0.2) is 75.2 Å². The van der Waals surface area contributed by atoms with E-state index in [4.69, 9.17) is 65.8 Å². The molecule has 5 atom stereocenters. The molecule has 14 heteroatoms. The minimum absolute atomic E-state index is 0.0676. The highest BCUT2D eigenvalue weighted by Gasteiger charge is 3.17. The van der Waals surface area contributed by atoms with Crippen LogP contribution in [0.25, 0.3) is 0 Å². The largest absolute Gasteiger partial charge is 0.497 e. The molecule has 2 bridgehead atoms. The van der Waals surface area contributed by atoms with Crippen molar-refractivity contribution < 1.29 is 57.0 Å². The monoisotopic (exact) mass is 680 g/mol. The van der Waals surface area contributed by atoms with Crippen molar-refractivity contribution in [1.29, 1.82) is 0 Å². The number of fused-ring (bicyclic) bond motifs is 5. The lowest BCUT2D eigenvalue weighted by molar-refractivity contribution is -0.292. The summed E-state index contributed by atoms with van der Waals surface area (Å²) in [6.45, 7) is 5.77. The van der Waals surface area contributed by atoms with Crippen molar-refractivity contribution in [3.8, 4) is 23.0 Å². The van der Waals surface area contributed by atoms with Crippen molar-refractivity contribution in [2.24, 2.45) is 10.8 Å². The second-order valence-corrected chi connectivity index (χ2v) is 11.2. The van der Waals surface area contributed by atoms with Crippen molar-refractivity contribution in [3.63, 3.8) is 0 Å². The molecule has 3 aliphatic rings. The number of carbonyl (C=O) groups excluding carboxylic acids is 3. The summed E-state index contributed by atoms with van der Waals surface area (Å²) in [5.74, 6) is -7.11. The molecular formula is C32H34Cl2O12. The maximum absolute atomic E-state index is 14.6. The fourth-order valence-corrected chi connectivity index (χ4v) is 7.76. The number of carbonyl (C=O) groups is 3. The highest BCUT2D eigenvalue weighted by atomic mass is 35.5. The van der Waals surface area contributed by atoms with Crippen LogP contribution in [0.2, 0.25) is 0 Å². The van der Waals surface area contributed by atoms with E-state index in [0.29, 0.717) is 11.5 Å². The van der Waals surface area contributed by atoms with Crippen LogP contribution in [0.5, 0.6) is 23.0 Å². The van der Waals surface area contributed by atoms with Gasteiger partial charge in [-0.25, -0.2) is 4.79 Å². The van der Waals surface area contributed by atoms with Gasteiger partial charge in [-0.15, -0.1) is 0 Å². The van der Waals surface area contributed by atoms with Gasteiger partial charge in [0.25, 0.3) is 5.79 Å². The Morgan fingerprint density at radius 2 is 1.09 bits per heavy atom. The maximum atomic E-state index is 14.6. The molecule has 46 heavy (non-hydrogen) atoms. The Balaban J connectivity index is 1.89. The molecule has 0 amide bonds. The van der Waals surface area contributed by atoms with Crippen LogP contribution in [0, 0.1) is 10.8 Å². The number of methoxy groups -OCH3 is 2. The number of halogens is 2. The van der Waals surface area contributed by atoms with Crippen molar-refractivity contribution in [1.82, 2.24) is 0 Å². The van der Waals surface area contributed by atoms with Gasteiger partial charge in [0.15, 0.2) is 0 Å².